The van der Waals surface area contributed by atoms with Gasteiger partial charge in [-0.3, -0.25) is 0 Å². The summed E-state index contributed by atoms with van der Waals surface area (Å²) in [7, 11) is 2.11. The van der Waals surface area contributed by atoms with E-state index in [0.717, 1.165) is 11.8 Å². The molecular formula is C14H23NS. The number of rotatable bonds is 4. The van der Waals surface area contributed by atoms with Crippen molar-refractivity contribution in [2.45, 2.75) is 45.1 Å². The van der Waals surface area contributed by atoms with Crippen LogP contribution in [-0.4, -0.2) is 7.05 Å². The molecule has 0 saturated heterocycles. The van der Waals surface area contributed by atoms with Crippen LogP contribution in [0.5, 0.6) is 0 Å². The molecule has 1 fully saturated rings. The fourth-order valence-corrected chi connectivity index (χ4v) is 3.75. The zero-order valence-electron chi connectivity index (χ0n) is 10.4. The Kier molecular flexibility index (Phi) is 4.42. The van der Waals surface area contributed by atoms with E-state index in [1.165, 1.54) is 37.7 Å². The molecule has 0 spiro atoms. The van der Waals surface area contributed by atoms with Crippen molar-refractivity contribution in [3.63, 3.8) is 0 Å². The van der Waals surface area contributed by atoms with Gasteiger partial charge in [0.05, 0.1) is 0 Å². The molecule has 1 aliphatic rings. The quantitative estimate of drug-likeness (QED) is 0.826. The van der Waals surface area contributed by atoms with Crippen LogP contribution in [0.25, 0.3) is 0 Å². The summed E-state index contributed by atoms with van der Waals surface area (Å²) in [5.41, 5.74) is 1.49. The summed E-state index contributed by atoms with van der Waals surface area (Å²) in [6, 6.07) is 2.86. The minimum atomic E-state index is 0.587. The maximum absolute atomic E-state index is 3.51. The van der Waals surface area contributed by atoms with Crippen LogP contribution < -0.4 is 5.32 Å². The smallest absolute Gasteiger partial charge is 0.0354 e. The SMILES string of the molecule is CCC1CCC(C(NC)c2ccsc2)CC1. The van der Waals surface area contributed by atoms with Crippen LogP contribution in [0.1, 0.15) is 50.6 Å². The summed E-state index contributed by atoms with van der Waals surface area (Å²) in [6.45, 7) is 2.33. The molecule has 1 aromatic rings. The van der Waals surface area contributed by atoms with Crippen LogP contribution >= 0.6 is 11.3 Å². The van der Waals surface area contributed by atoms with Crippen LogP contribution in [0, 0.1) is 11.8 Å². The van der Waals surface area contributed by atoms with E-state index in [2.05, 4.69) is 36.1 Å². The second kappa shape index (κ2) is 5.83. The number of thiophene rings is 1. The normalized spacial score (nSPS) is 27.9. The maximum Gasteiger partial charge on any atom is 0.0354 e. The van der Waals surface area contributed by atoms with Gasteiger partial charge in [0.2, 0.25) is 0 Å². The summed E-state index contributed by atoms with van der Waals surface area (Å²) < 4.78 is 0. The van der Waals surface area contributed by atoms with Crippen LogP contribution in [0.3, 0.4) is 0 Å². The molecule has 1 aliphatic carbocycles. The van der Waals surface area contributed by atoms with Crippen molar-refractivity contribution in [1.82, 2.24) is 5.32 Å². The highest BCUT2D eigenvalue weighted by Gasteiger charge is 2.27. The van der Waals surface area contributed by atoms with Gasteiger partial charge < -0.3 is 5.32 Å². The standard InChI is InChI=1S/C14H23NS/c1-3-11-4-6-12(7-5-11)14(15-2)13-8-9-16-10-13/h8-12,14-15H,3-7H2,1-2H3. The van der Waals surface area contributed by atoms with Gasteiger partial charge in [0.15, 0.2) is 0 Å². The fourth-order valence-electron chi connectivity index (χ4n) is 3.06. The minimum absolute atomic E-state index is 0.587. The Hall–Kier alpha value is -0.340. The van der Waals surface area contributed by atoms with E-state index in [0.29, 0.717) is 6.04 Å². The van der Waals surface area contributed by atoms with Crippen molar-refractivity contribution in [3.05, 3.63) is 22.4 Å². The first-order chi connectivity index (χ1) is 7.85. The second-order valence-corrected chi connectivity index (χ2v) is 5.79. The second-order valence-electron chi connectivity index (χ2n) is 5.01. The van der Waals surface area contributed by atoms with Crippen LogP contribution in [0.4, 0.5) is 0 Å². The number of nitrogens with one attached hydrogen (secondary N) is 1. The van der Waals surface area contributed by atoms with Gasteiger partial charge in [-0.2, -0.15) is 11.3 Å². The Labute approximate surface area is 103 Å². The molecule has 1 atom stereocenters. The summed E-state index contributed by atoms with van der Waals surface area (Å²) >= 11 is 1.81. The number of hydrogen-bond acceptors (Lipinski definition) is 2. The average molecular weight is 237 g/mol. The molecule has 2 heteroatoms. The van der Waals surface area contributed by atoms with E-state index in [4.69, 9.17) is 0 Å². The zero-order chi connectivity index (χ0) is 11.4. The van der Waals surface area contributed by atoms with Crippen molar-refractivity contribution in [2.24, 2.45) is 11.8 Å². The van der Waals surface area contributed by atoms with Crippen molar-refractivity contribution in [2.75, 3.05) is 7.05 Å². The lowest BCUT2D eigenvalue weighted by molar-refractivity contribution is 0.224. The van der Waals surface area contributed by atoms with Gasteiger partial charge in [0.1, 0.15) is 0 Å². The molecule has 1 aromatic heterocycles. The van der Waals surface area contributed by atoms with Crippen LogP contribution in [0.15, 0.2) is 16.8 Å². The van der Waals surface area contributed by atoms with Gasteiger partial charge >= 0.3 is 0 Å². The zero-order valence-corrected chi connectivity index (χ0v) is 11.2. The highest BCUT2D eigenvalue weighted by molar-refractivity contribution is 7.07. The monoisotopic (exact) mass is 237 g/mol. The third kappa shape index (κ3) is 2.67. The number of hydrogen-bond donors (Lipinski definition) is 1. The Morgan fingerprint density at radius 2 is 2.12 bits per heavy atom. The highest BCUT2D eigenvalue weighted by Crippen LogP contribution is 2.38. The predicted octanol–water partition coefficient (Wildman–Crippen LogP) is 4.23. The van der Waals surface area contributed by atoms with Crippen molar-refractivity contribution in [3.8, 4) is 0 Å². The third-order valence-corrected chi connectivity index (χ3v) is 4.85. The molecule has 2 rings (SSSR count). The third-order valence-electron chi connectivity index (χ3n) is 4.15. The van der Waals surface area contributed by atoms with Crippen molar-refractivity contribution >= 4 is 11.3 Å². The Balaban J connectivity index is 1.96. The molecule has 1 unspecified atom stereocenters. The van der Waals surface area contributed by atoms with Gasteiger partial charge in [-0.25, -0.2) is 0 Å². The van der Waals surface area contributed by atoms with E-state index in [-0.39, 0.29) is 0 Å². The predicted molar refractivity (Wildman–Crippen MR) is 71.9 cm³/mol. The largest absolute Gasteiger partial charge is 0.313 e. The lowest BCUT2D eigenvalue weighted by atomic mass is 9.76. The first kappa shape index (κ1) is 12.1. The maximum atomic E-state index is 3.51. The first-order valence-corrected chi connectivity index (χ1v) is 7.48. The molecule has 0 bridgehead atoms. The molecule has 1 heterocycles. The molecule has 0 amide bonds. The summed E-state index contributed by atoms with van der Waals surface area (Å²) in [4.78, 5) is 0. The fraction of sp³-hybridized carbons (Fsp3) is 0.714. The van der Waals surface area contributed by atoms with Crippen molar-refractivity contribution in [1.29, 1.82) is 0 Å². The lowest BCUT2D eigenvalue weighted by Gasteiger charge is -2.33. The first-order valence-electron chi connectivity index (χ1n) is 6.54. The van der Waals surface area contributed by atoms with E-state index < -0.39 is 0 Å². The topological polar surface area (TPSA) is 12.0 Å². The minimum Gasteiger partial charge on any atom is -0.313 e. The van der Waals surface area contributed by atoms with Gasteiger partial charge in [0.25, 0.3) is 0 Å². The van der Waals surface area contributed by atoms with Crippen LogP contribution in [-0.2, 0) is 0 Å². The van der Waals surface area contributed by atoms with Crippen molar-refractivity contribution < 1.29 is 0 Å². The molecule has 16 heavy (non-hydrogen) atoms. The molecule has 1 saturated carbocycles. The highest BCUT2D eigenvalue weighted by atomic mass is 32.1. The summed E-state index contributed by atoms with van der Waals surface area (Å²) in [6.07, 6.45) is 7.04. The Morgan fingerprint density at radius 3 is 2.62 bits per heavy atom. The van der Waals surface area contributed by atoms with Gasteiger partial charge in [-0.1, -0.05) is 26.2 Å². The lowest BCUT2D eigenvalue weighted by Crippen LogP contribution is -2.28. The average Bonchev–Trinajstić information content (AvgIpc) is 2.85. The Morgan fingerprint density at radius 1 is 1.38 bits per heavy atom. The van der Waals surface area contributed by atoms with E-state index in [9.17, 15) is 0 Å². The van der Waals surface area contributed by atoms with E-state index in [1.54, 1.807) is 0 Å². The van der Waals surface area contributed by atoms with Gasteiger partial charge in [-0.05, 0) is 54.1 Å². The van der Waals surface area contributed by atoms with Gasteiger partial charge in [-0.15, -0.1) is 0 Å². The summed E-state index contributed by atoms with van der Waals surface area (Å²) in [5.74, 6) is 1.85. The van der Waals surface area contributed by atoms with Crippen LogP contribution in [0.2, 0.25) is 0 Å². The molecule has 0 radical (unpaired) electrons. The van der Waals surface area contributed by atoms with E-state index in [1.807, 2.05) is 11.3 Å². The summed E-state index contributed by atoms with van der Waals surface area (Å²) in [5, 5.41) is 8.00. The molecule has 1 N–H and O–H groups in total. The van der Waals surface area contributed by atoms with Gasteiger partial charge in [0, 0.05) is 6.04 Å². The Bertz CT molecular complexity index is 286. The molecule has 90 valence electrons. The molecule has 0 aliphatic heterocycles. The molecule has 1 nitrogen and oxygen atoms in total. The molecule has 0 aromatic carbocycles. The van der Waals surface area contributed by atoms with E-state index >= 15 is 0 Å². The molecular weight excluding hydrogens is 214 g/mol.